The van der Waals surface area contributed by atoms with Gasteiger partial charge in [-0.2, -0.15) is 0 Å². The van der Waals surface area contributed by atoms with Crippen molar-refractivity contribution in [3.8, 4) is 0 Å². The molecule has 0 aliphatic carbocycles. The van der Waals surface area contributed by atoms with Gasteiger partial charge in [0.2, 0.25) is 5.91 Å². The molecule has 1 fully saturated rings. The highest BCUT2D eigenvalue weighted by molar-refractivity contribution is 5.86. The maximum Gasteiger partial charge on any atom is 0.333 e. The lowest BCUT2D eigenvalue weighted by Gasteiger charge is -2.28. The number of nitrogens with one attached hydrogen (secondary N) is 2. The van der Waals surface area contributed by atoms with Gasteiger partial charge in [0.25, 0.3) is 0 Å². The Labute approximate surface area is 137 Å². The molecular formula is C16H23ClN2O3. The second kappa shape index (κ2) is 8.76. The van der Waals surface area contributed by atoms with E-state index in [2.05, 4.69) is 17.6 Å². The van der Waals surface area contributed by atoms with Crippen LogP contribution in [0, 0.1) is 5.92 Å². The Morgan fingerprint density at radius 1 is 1.32 bits per heavy atom. The van der Waals surface area contributed by atoms with Gasteiger partial charge < -0.3 is 15.4 Å². The van der Waals surface area contributed by atoms with Gasteiger partial charge in [0.15, 0.2) is 6.04 Å². The van der Waals surface area contributed by atoms with Crippen molar-refractivity contribution >= 4 is 24.3 Å². The van der Waals surface area contributed by atoms with Crippen LogP contribution in [-0.4, -0.2) is 31.6 Å². The number of methoxy groups -OCH3 is 1. The van der Waals surface area contributed by atoms with Crippen LogP contribution < -0.4 is 10.6 Å². The highest BCUT2D eigenvalue weighted by Crippen LogP contribution is 2.20. The summed E-state index contributed by atoms with van der Waals surface area (Å²) in [6, 6.07) is 8.75. The van der Waals surface area contributed by atoms with Gasteiger partial charge in [-0.3, -0.25) is 4.79 Å². The average Bonchev–Trinajstić information content (AvgIpc) is 2.52. The minimum atomic E-state index is -0.742. The highest BCUT2D eigenvalue weighted by atomic mass is 35.5. The number of benzene rings is 1. The van der Waals surface area contributed by atoms with Gasteiger partial charge >= 0.3 is 5.97 Å². The first-order valence-corrected chi connectivity index (χ1v) is 7.28. The minimum absolute atomic E-state index is 0. The monoisotopic (exact) mass is 326 g/mol. The van der Waals surface area contributed by atoms with Crippen LogP contribution in [0.3, 0.4) is 0 Å². The van der Waals surface area contributed by atoms with Crippen LogP contribution in [0.4, 0.5) is 0 Å². The number of carbonyl (C=O) groups is 2. The van der Waals surface area contributed by atoms with E-state index in [1.807, 2.05) is 30.3 Å². The summed E-state index contributed by atoms with van der Waals surface area (Å²) in [5.41, 5.74) is 0.736. The van der Waals surface area contributed by atoms with E-state index in [0.717, 1.165) is 24.9 Å². The Kier molecular flexibility index (Phi) is 7.35. The fourth-order valence-electron chi connectivity index (χ4n) is 2.67. The first kappa shape index (κ1) is 18.5. The van der Waals surface area contributed by atoms with E-state index in [9.17, 15) is 9.59 Å². The van der Waals surface area contributed by atoms with Crippen molar-refractivity contribution in [2.24, 2.45) is 5.92 Å². The molecule has 0 radical (unpaired) electrons. The van der Waals surface area contributed by atoms with Crippen LogP contribution in [0.2, 0.25) is 0 Å². The number of ether oxygens (including phenoxy) is 1. The summed E-state index contributed by atoms with van der Waals surface area (Å²) in [6.45, 7) is 2.89. The average molecular weight is 327 g/mol. The number of rotatable bonds is 4. The summed E-state index contributed by atoms with van der Waals surface area (Å²) in [4.78, 5) is 24.3. The fraction of sp³-hybridized carbons (Fsp3) is 0.500. The SMILES string of the molecule is COC(=O)C(NC(=O)[C@H]1CCN[C@@H](C)C1)c1ccccc1.Cl. The molecule has 1 aliphatic heterocycles. The van der Waals surface area contributed by atoms with Crippen LogP contribution in [0.15, 0.2) is 30.3 Å². The van der Waals surface area contributed by atoms with E-state index in [-0.39, 0.29) is 24.2 Å². The third-order valence-corrected chi connectivity index (χ3v) is 3.85. The lowest BCUT2D eigenvalue weighted by molar-refractivity contribution is -0.146. The summed E-state index contributed by atoms with van der Waals surface area (Å²) in [6.07, 6.45) is 1.58. The summed E-state index contributed by atoms with van der Waals surface area (Å²) in [7, 11) is 1.33. The van der Waals surface area contributed by atoms with E-state index in [4.69, 9.17) is 4.74 Å². The van der Waals surface area contributed by atoms with Gasteiger partial charge in [-0.05, 0) is 31.9 Å². The topological polar surface area (TPSA) is 67.4 Å². The summed E-state index contributed by atoms with van der Waals surface area (Å²) in [5, 5.41) is 6.15. The quantitative estimate of drug-likeness (QED) is 0.828. The van der Waals surface area contributed by atoms with E-state index in [0.29, 0.717) is 6.04 Å². The van der Waals surface area contributed by atoms with Crippen LogP contribution >= 0.6 is 12.4 Å². The maximum atomic E-state index is 12.4. The van der Waals surface area contributed by atoms with Crippen molar-refractivity contribution in [2.75, 3.05) is 13.7 Å². The van der Waals surface area contributed by atoms with Gasteiger partial charge in [-0.25, -0.2) is 4.79 Å². The van der Waals surface area contributed by atoms with Gasteiger partial charge in [-0.1, -0.05) is 30.3 Å². The predicted molar refractivity (Wildman–Crippen MR) is 86.8 cm³/mol. The Morgan fingerprint density at radius 3 is 2.59 bits per heavy atom. The zero-order valence-electron chi connectivity index (χ0n) is 12.9. The van der Waals surface area contributed by atoms with E-state index >= 15 is 0 Å². The van der Waals surface area contributed by atoms with E-state index in [1.165, 1.54) is 7.11 Å². The second-order valence-corrected chi connectivity index (χ2v) is 5.45. The summed E-state index contributed by atoms with van der Waals surface area (Å²) < 4.78 is 4.81. The molecule has 3 atom stereocenters. The number of halogens is 1. The van der Waals surface area contributed by atoms with Gasteiger partial charge in [0.1, 0.15) is 0 Å². The summed E-state index contributed by atoms with van der Waals surface area (Å²) >= 11 is 0. The maximum absolute atomic E-state index is 12.4. The number of esters is 1. The minimum Gasteiger partial charge on any atom is -0.467 e. The molecule has 1 heterocycles. The molecule has 5 nitrogen and oxygen atoms in total. The Hall–Kier alpha value is -1.59. The van der Waals surface area contributed by atoms with E-state index in [1.54, 1.807) is 0 Å². The first-order valence-electron chi connectivity index (χ1n) is 7.28. The molecule has 2 N–H and O–H groups in total. The Balaban J connectivity index is 0.00000242. The van der Waals surface area contributed by atoms with Gasteiger partial charge in [0.05, 0.1) is 7.11 Å². The zero-order chi connectivity index (χ0) is 15.2. The molecule has 22 heavy (non-hydrogen) atoms. The van der Waals surface area contributed by atoms with Crippen LogP contribution in [-0.2, 0) is 14.3 Å². The molecule has 1 unspecified atom stereocenters. The second-order valence-electron chi connectivity index (χ2n) is 5.45. The lowest BCUT2D eigenvalue weighted by Crippen LogP contribution is -2.44. The largest absolute Gasteiger partial charge is 0.467 e. The zero-order valence-corrected chi connectivity index (χ0v) is 13.7. The molecule has 0 spiro atoms. The molecule has 1 aromatic rings. The lowest BCUT2D eigenvalue weighted by atomic mass is 9.92. The third kappa shape index (κ3) is 4.71. The summed E-state index contributed by atoms with van der Waals surface area (Å²) in [5.74, 6) is -0.587. The molecule has 2 rings (SSSR count). The smallest absolute Gasteiger partial charge is 0.333 e. The molecule has 0 aromatic heterocycles. The normalized spacial score (nSPS) is 22.1. The van der Waals surface area contributed by atoms with Crippen molar-refractivity contribution < 1.29 is 14.3 Å². The Bertz CT molecular complexity index is 495. The van der Waals surface area contributed by atoms with E-state index < -0.39 is 12.0 Å². The molecule has 0 saturated carbocycles. The molecule has 1 amide bonds. The first-order chi connectivity index (χ1) is 10.1. The fourth-order valence-corrected chi connectivity index (χ4v) is 2.67. The van der Waals surface area contributed by atoms with Crippen molar-refractivity contribution in [2.45, 2.75) is 31.8 Å². The Morgan fingerprint density at radius 2 is 2.00 bits per heavy atom. The third-order valence-electron chi connectivity index (χ3n) is 3.85. The molecule has 122 valence electrons. The van der Waals surface area contributed by atoms with Crippen molar-refractivity contribution in [3.63, 3.8) is 0 Å². The van der Waals surface area contributed by atoms with Crippen LogP contribution in [0.5, 0.6) is 0 Å². The highest BCUT2D eigenvalue weighted by Gasteiger charge is 2.29. The number of piperidine rings is 1. The molecule has 6 heteroatoms. The van der Waals surface area contributed by atoms with Crippen LogP contribution in [0.25, 0.3) is 0 Å². The molecule has 0 bridgehead atoms. The molecule has 1 aromatic carbocycles. The number of amides is 1. The molecule has 1 aliphatic rings. The molecule has 1 saturated heterocycles. The molecular weight excluding hydrogens is 304 g/mol. The number of carbonyl (C=O) groups excluding carboxylic acids is 2. The van der Waals surface area contributed by atoms with Crippen molar-refractivity contribution in [1.29, 1.82) is 0 Å². The predicted octanol–water partition coefficient (Wildman–Crippen LogP) is 1.83. The van der Waals surface area contributed by atoms with Crippen molar-refractivity contribution in [3.05, 3.63) is 35.9 Å². The number of hydrogen-bond donors (Lipinski definition) is 2. The number of hydrogen-bond acceptors (Lipinski definition) is 4. The van der Waals surface area contributed by atoms with Gasteiger partial charge in [0, 0.05) is 12.0 Å². The van der Waals surface area contributed by atoms with Crippen LogP contribution in [0.1, 0.15) is 31.4 Å². The van der Waals surface area contributed by atoms with Gasteiger partial charge in [-0.15, -0.1) is 12.4 Å². The standard InChI is InChI=1S/C16H22N2O3.ClH/c1-11-10-13(8-9-17-11)15(19)18-14(16(20)21-2)12-6-4-3-5-7-12;/h3-7,11,13-14,17H,8-10H2,1-2H3,(H,18,19);1H/t11-,13-,14?;/m0./s1. The van der Waals surface area contributed by atoms with Crippen molar-refractivity contribution in [1.82, 2.24) is 10.6 Å².